The Bertz CT molecular complexity index is 1510. The molecule has 2 amide bonds. The molecule has 0 spiro atoms. The van der Waals surface area contributed by atoms with Gasteiger partial charge in [-0.1, -0.05) is 23.3 Å². The lowest BCUT2D eigenvalue weighted by Crippen LogP contribution is -2.24. The average Bonchev–Trinajstić information content (AvgIpc) is 3.37. The highest BCUT2D eigenvalue weighted by atomic mass is 32.1. The van der Waals surface area contributed by atoms with Crippen molar-refractivity contribution in [2.24, 2.45) is 0 Å². The predicted octanol–water partition coefficient (Wildman–Crippen LogP) is 3.40. The molecule has 1 saturated carbocycles. The maximum Gasteiger partial charge on any atom is 0.232 e. The SMILES string of the molecule is O=C(Cc1cc(OC2CCC2)ccn1)Nc1ccc(C#CCCc2nnc(NC(=O)Cc3ccccn3)s2)nn1. The smallest absolute Gasteiger partial charge is 0.232 e. The predicted molar refractivity (Wildman–Crippen MR) is 149 cm³/mol. The van der Waals surface area contributed by atoms with E-state index in [-0.39, 0.29) is 30.8 Å². The van der Waals surface area contributed by atoms with Crippen LogP contribution in [0.4, 0.5) is 10.9 Å². The van der Waals surface area contributed by atoms with Gasteiger partial charge in [0.2, 0.25) is 16.9 Å². The van der Waals surface area contributed by atoms with Crippen molar-refractivity contribution in [3.63, 3.8) is 0 Å². The number of ether oxygens (including phenoxy) is 1. The number of nitrogens with zero attached hydrogens (tertiary/aromatic N) is 6. The van der Waals surface area contributed by atoms with Crippen LogP contribution < -0.4 is 15.4 Å². The molecule has 11 nitrogen and oxygen atoms in total. The molecule has 2 N–H and O–H groups in total. The summed E-state index contributed by atoms with van der Waals surface area (Å²) in [7, 11) is 0. The molecule has 0 atom stereocenters. The third kappa shape index (κ3) is 8.12. The number of hydrogen-bond acceptors (Lipinski definition) is 10. The molecular weight excluding hydrogens is 528 g/mol. The molecule has 0 aromatic carbocycles. The zero-order valence-electron chi connectivity index (χ0n) is 21.5. The minimum atomic E-state index is -0.245. The largest absolute Gasteiger partial charge is 0.490 e. The molecule has 202 valence electrons. The van der Waals surface area contributed by atoms with E-state index in [0.29, 0.717) is 40.9 Å². The van der Waals surface area contributed by atoms with E-state index < -0.39 is 0 Å². The lowest BCUT2D eigenvalue weighted by Gasteiger charge is -2.26. The van der Waals surface area contributed by atoms with Crippen molar-refractivity contribution in [3.05, 3.63) is 76.9 Å². The van der Waals surface area contributed by atoms with Gasteiger partial charge in [0.1, 0.15) is 16.5 Å². The van der Waals surface area contributed by atoms with E-state index in [1.807, 2.05) is 12.1 Å². The van der Waals surface area contributed by atoms with Crippen LogP contribution in [-0.4, -0.2) is 48.3 Å². The summed E-state index contributed by atoms with van der Waals surface area (Å²) in [5, 5.41) is 22.9. The molecule has 0 radical (unpaired) electrons. The van der Waals surface area contributed by atoms with Gasteiger partial charge in [0.15, 0.2) is 5.82 Å². The number of anilines is 2. The number of rotatable bonds is 10. The normalized spacial score (nSPS) is 12.5. The molecule has 5 rings (SSSR count). The number of carbonyl (C=O) groups excluding carboxylic acids is 2. The Hall–Kier alpha value is -4.76. The molecule has 1 aliphatic carbocycles. The summed E-state index contributed by atoms with van der Waals surface area (Å²) in [5.41, 5.74) is 1.80. The minimum Gasteiger partial charge on any atom is -0.490 e. The fourth-order valence-corrected chi connectivity index (χ4v) is 4.44. The standard InChI is InChI=1S/C28H26N8O3S/c37-25(18-21-16-23(13-15-30-21)39-22-8-5-9-22)31-24-12-11-19(33-34-24)6-1-2-10-27-35-36-28(40-27)32-26(38)17-20-7-3-4-14-29-20/h3-4,7,11-16,22H,2,5,8-10,17-18H2,(H,31,34,37)(H,32,36,38). The lowest BCUT2D eigenvalue weighted by atomic mass is 9.96. The van der Waals surface area contributed by atoms with Crippen LogP contribution in [-0.2, 0) is 28.9 Å². The Morgan fingerprint density at radius 2 is 1.77 bits per heavy atom. The van der Waals surface area contributed by atoms with Crippen molar-refractivity contribution in [2.45, 2.75) is 51.0 Å². The Kier molecular flexibility index (Phi) is 8.95. The van der Waals surface area contributed by atoms with Crippen LogP contribution in [0.25, 0.3) is 0 Å². The Labute approximate surface area is 234 Å². The number of nitrogens with one attached hydrogen (secondary N) is 2. The number of aryl methyl sites for hydroxylation is 1. The molecule has 0 saturated heterocycles. The Morgan fingerprint density at radius 3 is 2.55 bits per heavy atom. The molecule has 1 aliphatic rings. The van der Waals surface area contributed by atoms with Gasteiger partial charge in [-0.3, -0.25) is 19.6 Å². The van der Waals surface area contributed by atoms with E-state index in [1.54, 1.807) is 42.7 Å². The molecule has 1 fully saturated rings. The van der Waals surface area contributed by atoms with Gasteiger partial charge in [-0.15, -0.1) is 20.4 Å². The summed E-state index contributed by atoms with van der Waals surface area (Å²) in [6.45, 7) is 0. The van der Waals surface area contributed by atoms with Gasteiger partial charge >= 0.3 is 0 Å². The first-order chi connectivity index (χ1) is 19.6. The van der Waals surface area contributed by atoms with Crippen molar-refractivity contribution in [3.8, 4) is 17.6 Å². The molecule has 0 bridgehead atoms. The highest BCUT2D eigenvalue weighted by Gasteiger charge is 2.19. The van der Waals surface area contributed by atoms with E-state index >= 15 is 0 Å². The van der Waals surface area contributed by atoms with Gasteiger partial charge in [0.05, 0.1) is 24.6 Å². The van der Waals surface area contributed by atoms with Crippen molar-refractivity contribution >= 4 is 34.1 Å². The van der Waals surface area contributed by atoms with Gasteiger partial charge in [-0.2, -0.15) is 0 Å². The third-order valence-corrected chi connectivity index (χ3v) is 6.78. The second-order valence-electron chi connectivity index (χ2n) is 9.03. The van der Waals surface area contributed by atoms with Crippen LogP contribution in [0, 0.1) is 11.8 Å². The second-order valence-corrected chi connectivity index (χ2v) is 10.1. The molecule has 12 heteroatoms. The van der Waals surface area contributed by atoms with Crippen LogP contribution >= 0.6 is 11.3 Å². The first-order valence-electron chi connectivity index (χ1n) is 12.9. The van der Waals surface area contributed by atoms with Crippen molar-refractivity contribution in [1.82, 2.24) is 30.4 Å². The third-order valence-electron chi connectivity index (χ3n) is 5.88. The Morgan fingerprint density at radius 1 is 0.925 bits per heavy atom. The second kappa shape index (κ2) is 13.3. The van der Waals surface area contributed by atoms with Crippen molar-refractivity contribution in [2.75, 3.05) is 10.6 Å². The quantitative estimate of drug-likeness (QED) is 0.282. The topological polar surface area (TPSA) is 145 Å². The van der Waals surface area contributed by atoms with E-state index in [2.05, 4.69) is 52.8 Å². The Balaban J connectivity index is 1.04. The highest BCUT2D eigenvalue weighted by Crippen LogP contribution is 2.25. The van der Waals surface area contributed by atoms with E-state index in [1.165, 1.54) is 17.8 Å². The molecule has 40 heavy (non-hydrogen) atoms. The highest BCUT2D eigenvalue weighted by molar-refractivity contribution is 7.15. The summed E-state index contributed by atoms with van der Waals surface area (Å²) in [6.07, 6.45) is 8.29. The number of hydrogen-bond donors (Lipinski definition) is 2. The summed E-state index contributed by atoms with van der Waals surface area (Å²) in [5.74, 6) is 6.62. The fourth-order valence-electron chi connectivity index (χ4n) is 3.68. The van der Waals surface area contributed by atoms with Gasteiger partial charge in [0.25, 0.3) is 0 Å². The molecule has 4 heterocycles. The molecule has 4 aromatic heterocycles. The first kappa shape index (κ1) is 26.8. The van der Waals surface area contributed by atoms with Crippen LogP contribution in [0.3, 0.4) is 0 Å². The van der Waals surface area contributed by atoms with Crippen molar-refractivity contribution < 1.29 is 14.3 Å². The molecular formula is C28H26N8O3S. The van der Waals surface area contributed by atoms with Gasteiger partial charge in [-0.05, 0) is 55.5 Å². The van der Waals surface area contributed by atoms with Crippen LogP contribution in [0.15, 0.2) is 54.9 Å². The van der Waals surface area contributed by atoms with Gasteiger partial charge in [-0.25, -0.2) is 0 Å². The zero-order chi connectivity index (χ0) is 27.6. The summed E-state index contributed by atoms with van der Waals surface area (Å²) in [6, 6.07) is 12.4. The van der Waals surface area contributed by atoms with E-state index in [0.717, 1.165) is 23.6 Å². The monoisotopic (exact) mass is 554 g/mol. The fraction of sp³-hybridized carbons (Fsp3) is 0.286. The molecule has 0 aliphatic heterocycles. The zero-order valence-corrected chi connectivity index (χ0v) is 22.4. The summed E-state index contributed by atoms with van der Waals surface area (Å²) >= 11 is 1.31. The van der Waals surface area contributed by atoms with E-state index in [9.17, 15) is 9.59 Å². The molecule has 0 unspecified atom stereocenters. The van der Waals surface area contributed by atoms with Crippen molar-refractivity contribution in [1.29, 1.82) is 0 Å². The first-order valence-corrected chi connectivity index (χ1v) is 13.7. The summed E-state index contributed by atoms with van der Waals surface area (Å²) < 4.78 is 5.87. The number of carbonyl (C=O) groups is 2. The summed E-state index contributed by atoms with van der Waals surface area (Å²) in [4.78, 5) is 33.0. The lowest BCUT2D eigenvalue weighted by molar-refractivity contribution is -0.116. The van der Waals surface area contributed by atoms with Gasteiger partial charge < -0.3 is 15.4 Å². The maximum absolute atomic E-state index is 12.4. The maximum atomic E-state index is 12.4. The van der Waals surface area contributed by atoms with E-state index in [4.69, 9.17) is 4.74 Å². The number of aromatic nitrogens is 6. The number of pyridine rings is 2. The number of amides is 2. The van der Waals surface area contributed by atoms with Crippen LogP contribution in [0.2, 0.25) is 0 Å². The minimum absolute atomic E-state index is 0.104. The van der Waals surface area contributed by atoms with Crippen LogP contribution in [0.1, 0.15) is 47.8 Å². The van der Waals surface area contributed by atoms with Crippen LogP contribution in [0.5, 0.6) is 5.75 Å². The average molecular weight is 555 g/mol. The molecule has 4 aromatic rings. The van der Waals surface area contributed by atoms with Gasteiger partial charge in [0, 0.05) is 37.0 Å².